The molecule has 0 aliphatic rings. The molecule has 0 fully saturated rings. The summed E-state index contributed by atoms with van der Waals surface area (Å²) in [5.41, 5.74) is 1.10. The van der Waals surface area contributed by atoms with Crippen LogP contribution in [0.25, 0.3) is 0 Å². The smallest absolute Gasteiger partial charge is 0.250 e. The summed E-state index contributed by atoms with van der Waals surface area (Å²) in [4.78, 5) is 0. The lowest BCUT2D eigenvalue weighted by Gasteiger charge is -2.03. The Morgan fingerprint density at radius 1 is 1.39 bits per heavy atom. The highest BCUT2D eigenvalue weighted by atomic mass is 35.5. The van der Waals surface area contributed by atoms with Gasteiger partial charge in [0, 0.05) is 26.0 Å². The van der Waals surface area contributed by atoms with Gasteiger partial charge in [0.15, 0.2) is 0 Å². The predicted molar refractivity (Wildman–Crippen MR) is 73.6 cm³/mol. The second-order valence-electron chi connectivity index (χ2n) is 3.89. The van der Waals surface area contributed by atoms with Gasteiger partial charge in [-0.2, -0.15) is 0 Å². The zero-order valence-corrected chi connectivity index (χ0v) is 12.1. The van der Waals surface area contributed by atoms with Gasteiger partial charge in [0.1, 0.15) is 4.21 Å². The van der Waals surface area contributed by atoms with Crippen LogP contribution in [-0.2, 0) is 23.5 Å². The van der Waals surface area contributed by atoms with Crippen LogP contribution in [0, 0.1) is 0 Å². The molecule has 2 aromatic rings. The summed E-state index contributed by atoms with van der Waals surface area (Å²) in [6.45, 7) is 0.377. The molecule has 0 bridgehead atoms. The van der Waals surface area contributed by atoms with Crippen molar-refractivity contribution >= 4 is 33.0 Å². The number of aryl methyl sites for hydroxylation is 1. The zero-order valence-electron chi connectivity index (χ0n) is 9.76. The van der Waals surface area contributed by atoms with Crippen LogP contribution in [0.4, 0.5) is 0 Å². The van der Waals surface area contributed by atoms with E-state index in [-0.39, 0.29) is 4.21 Å². The zero-order chi connectivity index (χ0) is 13.2. The van der Waals surface area contributed by atoms with Crippen molar-refractivity contribution in [2.75, 3.05) is 6.54 Å². The molecule has 18 heavy (non-hydrogen) atoms. The number of hydrogen-bond acceptors (Lipinski definition) is 3. The van der Waals surface area contributed by atoms with Gasteiger partial charge in [-0.25, -0.2) is 13.1 Å². The highest BCUT2D eigenvalue weighted by Crippen LogP contribution is 2.25. The fourth-order valence-electron chi connectivity index (χ4n) is 1.55. The first kappa shape index (κ1) is 13.6. The molecule has 0 radical (unpaired) electrons. The van der Waals surface area contributed by atoms with Gasteiger partial charge in [0.05, 0.1) is 4.34 Å². The first-order valence-electron chi connectivity index (χ1n) is 5.33. The van der Waals surface area contributed by atoms with E-state index in [0.29, 0.717) is 17.3 Å². The number of nitrogens with zero attached hydrogens (tertiary/aromatic N) is 1. The third kappa shape index (κ3) is 3.35. The van der Waals surface area contributed by atoms with Crippen molar-refractivity contribution in [3.05, 3.63) is 40.5 Å². The van der Waals surface area contributed by atoms with Gasteiger partial charge in [-0.05, 0) is 30.2 Å². The summed E-state index contributed by atoms with van der Waals surface area (Å²) in [6, 6.07) is 5.06. The summed E-state index contributed by atoms with van der Waals surface area (Å²) in [5.74, 6) is 0. The third-order valence-corrected chi connectivity index (χ3v) is 5.60. The molecule has 0 aliphatic carbocycles. The van der Waals surface area contributed by atoms with E-state index >= 15 is 0 Å². The molecule has 0 atom stereocenters. The molecular formula is C11H13ClN2O2S2. The molecule has 4 nitrogen and oxygen atoms in total. The van der Waals surface area contributed by atoms with E-state index in [1.165, 1.54) is 6.07 Å². The number of sulfonamides is 1. The average molecular weight is 305 g/mol. The maximum Gasteiger partial charge on any atom is 0.250 e. The van der Waals surface area contributed by atoms with E-state index in [4.69, 9.17) is 11.6 Å². The van der Waals surface area contributed by atoms with E-state index in [1.807, 2.05) is 30.1 Å². The first-order chi connectivity index (χ1) is 8.47. The van der Waals surface area contributed by atoms with E-state index in [0.717, 1.165) is 16.9 Å². The summed E-state index contributed by atoms with van der Waals surface area (Å²) < 4.78 is 29.0. The van der Waals surface area contributed by atoms with Crippen LogP contribution in [0.15, 0.2) is 34.8 Å². The molecule has 0 saturated carbocycles. The van der Waals surface area contributed by atoms with Crippen LogP contribution in [0.2, 0.25) is 4.34 Å². The minimum absolute atomic E-state index is 0.251. The Kier molecular flexibility index (Phi) is 4.11. The molecule has 0 amide bonds. The Morgan fingerprint density at radius 2 is 2.17 bits per heavy atom. The lowest BCUT2D eigenvalue weighted by molar-refractivity contribution is 0.584. The van der Waals surface area contributed by atoms with Crippen molar-refractivity contribution in [1.82, 2.24) is 9.29 Å². The number of nitrogens with one attached hydrogen (secondary N) is 1. The largest absolute Gasteiger partial charge is 0.357 e. The highest BCUT2D eigenvalue weighted by molar-refractivity contribution is 7.91. The van der Waals surface area contributed by atoms with Gasteiger partial charge in [-0.3, -0.25) is 0 Å². The Hall–Kier alpha value is -0.820. The molecule has 0 spiro atoms. The van der Waals surface area contributed by atoms with Gasteiger partial charge in [0.25, 0.3) is 0 Å². The lowest BCUT2D eigenvalue weighted by atomic mass is 10.2. The Bertz CT molecular complexity index is 631. The predicted octanol–water partition coefficient (Wildman–Crippen LogP) is 2.26. The molecular weight excluding hydrogens is 292 g/mol. The fourth-order valence-corrected chi connectivity index (χ4v) is 4.11. The van der Waals surface area contributed by atoms with Crippen molar-refractivity contribution in [1.29, 1.82) is 0 Å². The van der Waals surface area contributed by atoms with E-state index in [2.05, 4.69) is 4.72 Å². The van der Waals surface area contributed by atoms with Crippen LogP contribution in [0.1, 0.15) is 5.56 Å². The number of rotatable bonds is 5. The van der Waals surface area contributed by atoms with Crippen LogP contribution in [0.5, 0.6) is 0 Å². The number of thiophene rings is 1. The van der Waals surface area contributed by atoms with Crippen LogP contribution >= 0.6 is 22.9 Å². The average Bonchev–Trinajstić information content (AvgIpc) is 2.88. The SMILES string of the molecule is Cn1ccc(CCNS(=O)(=O)c2ccc(Cl)s2)c1. The molecule has 0 aromatic carbocycles. The Morgan fingerprint density at radius 3 is 2.72 bits per heavy atom. The molecule has 98 valence electrons. The topological polar surface area (TPSA) is 51.1 Å². The minimum Gasteiger partial charge on any atom is -0.357 e. The first-order valence-corrected chi connectivity index (χ1v) is 8.01. The molecule has 0 aliphatic heterocycles. The number of hydrogen-bond donors (Lipinski definition) is 1. The van der Waals surface area contributed by atoms with Gasteiger partial charge < -0.3 is 4.57 Å². The second-order valence-corrected chi connectivity index (χ2v) is 7.60. The second kappa shape index (κ2) is 5.44. The molecule has 2 aromatic heterocycles. The Labute approximate surface area is 115 Å². The van der Waals surface area contributed by atoms with Gasteiger partial charge in [-0.15, -0.1) is 11.3 Å². The fraction of sp³-hybridized carbons (Fsp3) is 0.273. The third-order valence-electron chi connectivity index (χ3n) is 2.41. The molecule has 1 N–H and O–H groups in total. The lowest BCUT2D eigenvalue weighted by Crippen LogP contribution is -2.25. The number of aromatic nitrogens is 1. The molecule has 7 heteroatoms. The van der Waals surface area contributed by atoms with E-state index < -0.39 is 10.0 Å². The quantitative estimate of drug-likeness (QED) is 0.921. The molecule has 2 heterocycles. The summed E-state index contributed by atoms with van der Waals surface area (Å²) in [7, 11) is -1.49. The van der Waals surface area contributed by atoms with Crippen molar-refractivity contribution in [3.63, 3.8) is 0 Å². The summed E-state index contributed by atoms with van der Waals surface area (Å²) >= 11 is 6.78. The van der Waals surface area contributed by atoms with E-state index in [1.54, 1.807) is 6.07 Å². The molecule has 0 unspecified atom stereocenters. The summed E-state index contributed by atoms with van der Waals surface area (Å²) in [6.07, 6.45) is 4.57. The van der Waals surface area contributed by atoms with Crippen molar-refractivity contribution < 1.29 is 8.42 Å². The molecule has 0 saturated heterocycles. The van der Waals surface area contributed by atoms with Crippen LogP contribution in [0.3, 0.4) is 0 Å². The van der Waals surface area contributed by atoms with Crippen molar-refractivity contribution in [2.24, 2.45) is 7.05 Å². The maximum absolute atomic E-state index is 11.9. The highest BCUT2D eigenvalue weighted by Gasteiger charge is 2.15. The van der Waals surface area contributed by atoms with Gasteiger partial charge >= 0.3 is 0 Å². The minimum atomic E-state index is -3.43. The number of halogens is 1. The summed E-state index contributed by atoms with van der Waals surface area (Å²) in [5, 5.41) is 0. The van der Waals surface area contributed by atoms with Crippen molar-refractivity contribution in [2.45, 2.75) is 10.6 Å². The maximum atomic E-state index is 11.9. The van der Waals surface area contributed by atoms with Gasteiger partial charge in [0.2, 0.25) is 10.0 Å². The molecule has 2 rings (SSSR count). The Balaban J connectivity index is 1.93. The van der Waals surface area contributed by atoms with E-state index in [9.17, 15) is 8.42 Å². The van der Waals surface area contributed by atoms with Crippen LogP contribution < -0.4 is 4.72 Å². The normalized spacial score (nSPS) is 11.9. The van der Waals surface area contributed by atoms with Gasteiger partial charge in [-0.1, -0.05) is 11.6 Å². The van der Waals surface area contributed by atoms with Crippen LogP contribution in [-0.4, -0.2) is 19.5 Å². The monoisotopic (exact) mass is 304 g/mol. The standard InChI is InChI=1S/C11H13ClN2O2S2/c1-14-7-5-9(8-14)4-6-13-18(15,16)11-3-2-10(12)17-11/h2-3,5,7-8,13H,4,6H2,1H3. The van der Waals surface area contributed by atoms with Crippen molar-refractivity contribution in [3.8, 4) is 0 Å².